The smallest absolute Gasteiger partial charge is 0.135 e. The maximum Gasteiger partial charge on any atom is 0.135 e. The largest absolute Gasteiger partial charge is 0.456 e. The summed E-state index contributed by atoms with van der Waals surface area (Å²) in [7, 11) is 0. The van der Waals surface area contributed by atoms with Crippen molar-refractivity contribution in [1.82, 2.24) is 0 Å². The third-order valence-corrected chi connectivity index (χ3v) is 33.9. The van der Waals surface area contributed by atoms with Crippen LogP contribution in [0.4, 0.5) is 34.1 Å². The summed E-state index contributed by atoms with van der Waals surface area (Å²) in [5.41, 5.74) is 32.8. The van der Waals surface area contributed by atoms with Gasteiger partial charge in [0.15, 0.2) is 0 Å². The molecule has 10 atom stereocenters. The molecule has 0 amide bonds. The Balaban J connectivity index is 0.0000000892. The van der Waals surface area contributed by atoms with Crippen molar-refractivity contribution in [3.8, 4) is 0 Å². The van der Waals surface area contributed by atoms with E-state index >= 15 is 0 Å². The fourth-order valence-electron chi connectivity index (χ4n) is 27.1. The SMILES string of the molecule is Cc1cc2oc3ccccc3c2cc1N1C(C)C2(C)CC1(C)c1ccccc12.Cc1cc2oc3ccccc3c2cc1N1C(C)N2CC1(C)c1ccccc12.Cc1cc2oc3ccccc3c2cc1N1C2CC(c3ccccc32)C1C.Cc1cc2oc3ccccc3c2cc1N1C2CCC(C)(CC2)C1C.Cc1cc2oc3ccccc3c2cc1N1C2CCC(CC2)C1C. The highest BCUT2D eigenvalue weighted by molar-refractivity contribution is 6.11. The number of benzene rings is 13. The predicted octanol–water partition coefficient (Wildman–Crippen LogP) is 30.5. The molecule has 4 aliphatic carbocycles. The number of fused-ring (bicyclic) bond motifs is 36. The standard InChI is InChI=1S/C26H25NO.C24H22N2O.C24H21NO.C22H25NO.C21H23NO/c1-16-13-24-19(18-9-5-8-12-23(18)28-24)14-22(16)27-17(2)25(3)15-26(27,4)21-11-7-6-10-20(21)25;1-15-12-23-18(17-8-4-7-11-22(17)27-23)13-21(15)26-16(2)25-14-24(26,3)19-9-5-6-10-20(19)25;1-14-11-24-20(18-9-5-6-10-23(18)26-24)13-21(14)25-15(2)19-12-22(25)17-8-4-3-7-16(17)19;1-14-12-21-18(17-6-4-5-7-20(17)24-21)13-19(14)23-15(2)22(3)10-8-16(23)9-11-22;1-13-11-21-18(17-5-3-4-6-20(17)23-21)12-19(13)22-14(2)15-7-9-16(22)10-8-15/h5-14,17H,15H2,1-4H3;4-13,16H,14H2,1-3H3;3-11,13,15,19,22H,12H2,1-2H3;4-7,12-13,15-16H,8-11H2,1-3H3;3-6,11-12,14-16H,7-10H2,1-2H3. The van der Waals surface area contributed by atoms with E-state index in [1.807, 2.05) is 36.4 Å². The summed E-state index contributed by atoms with van der Waals surface area (Å²) >= 11 is 0. The van der Waals surface area contributed by atoms with Crippen LogP contribution >= 0.6 is 0 Å². The number of para-hydroxylation sites is 6. The van der Waals surface area contributed by atoms with Crippen molar-refractivity contribution in [2.24, 2.45) is 11.3 Å². The normalized spacial score (nSPS) is 26.5. The molecule has 11 nitrogen and oxygen atoms in total. The van der Waals surface area contributed by atoms with Crippen LogP contribution in [0, 0.1) is 46.0 Å². The van der Waals surface area contributed by atoms with Gasteiger partial charge in [-0.2, -0.15) is 0 Å². The highest BCUT2D eigenvalue weighted by atomic mass is 16.3. The number of hydrogen-bond acceptors (Lipinski definition) is 11. The Morgan fingerprint density at radius 3 is 1.15 bits per heavy atom. The van der Waals surface area contributed by atoms with E-state index in [1.54, 1.807) is 5.56 Å². The summed E-state index contributed by atoms with van der Waals surface area (Å²) in [6.07, 6.45) is 13.7. The van der Waals surface area contributed by atoms with Crippen molar-refractivity contribution in [3.63, 3.8) is 0 Å². The number of piperidine rings is 4. The molecule has 0 radical (unpaired) electrons. The Hall–Kier alpha value is -12.3. The molecule has 0 spiro atoms. The first kappa shape index (κ1) is 79.1. The first-order valence-electron chi connectivity index (χ1n) is 47.6. The Morgan fingerprint density at radius 2 is 0.680 bits per heavy atom. The summed E-state index contributed by atoms with van der Waals surface area (Å²) in [5.74, 6) is 1.52. The van der Waals surface area contributed by atoms with Gasteiger partial charge in [-0.3, -0.25) is 0 Å². The van der Waals surface area contributed by atoms with E-state index in [2.05, 4.69) is 345 Å². The quantitative estimate of drug-likeness (QED) is 0.165. The second-order valence-electron chi connectivity index (χ2n) is 40.9. The average Bonchev–Trinajstić information content (AvgIpc) is 1.52. The first-order valence-corrected chi connectivity index (χ1v) is 47.6. The second-order valence-corrected chi connectivity index (χ2v) is 40.9. The maximum absolute atomic E-state index is 6.12. The molecule has 13 aromatic carbocycles. The molecule has 0 N–H and O–H groups in total. The van der Waals surface area contributed by atoms with Gasteiger partial charge in [-0.15, -0.1) is 0 Å². The lowest BCUT2D eigenvalue weighted by molar-refractivity contribution is 0.0967. The van der Waals surface area contributed by atoms with Crippen LogP contribution in [0.3, 0.4) is 0 Å². The van der Waals surface area contributed by atoms with Crippen molar-refractivity contribution >= 4 is 144 Å². The molecular formula is C117H116N6O5. The molecule has 5 aromatic heterocycles. The van der Waals surface area contributed by atoms with E-state index in [0.717, 1.165) is 74.3 Å². The minimum Gasteiger partial charge on any atom is -0.456 e. The van der Waals surface area contributed by atoms with Crippen molar-refractivity contribution < 1.29 is 22.1 Å². The number of aryl methyl sites for hydroxylation is 5. The fourth-order valence-corrected chi connectivity index (χ4v) is 27.1. The van der Waals surface area contributed by atoms with Crippen molar-refractivity contribution in [3.05, 3.63) is 310 Å². The summed E-state index contributed by atoms with van der Waals surface area (Å²) in [4.78, 5) is 15.9. The van der Waals surface area contributed by atoms with Gasteiger partial charge in [0.05, 0.1) is 23.3 Å². The lowest BCUT2D eigenvalue weighted by atomic mass is 9.64. The van der Waals surface area contributed by atoms with Crippen LogP contribution in [-0.4, -0.2) is 49.0 Å². The van der Waals surface area contributed by atoms with Crippen molar-refractivity contribution in [2.75, 3.05) is 35.9 Å². The van der Waals surface area contributed by atoms with Gasteiger partial charge in [-0.1, -0.05) is 172 Å². The molecule has 10 unspecified atom stereocenters. The zero-order valence-electron chi connectivity index (χ0n) is 76.5. The van der Waals surface area contributed by atoms with Gasteiger partial charge in [0, 0.05) is 148 Å². The highest BCUT2D eigenvalue weighted by Gasteiger charge is 2.62. The molecule has 18 aromatic rings. The molecule has 10 bridgehead atoms. The summed E-state index contributed by atoms with van der Waals surface area (Å²) < 4.78 is 30.4. The van der Waals surface area contributed by atoms with E-state index in [9.17, 15) is 0 Å². The van der Waals surface area contributed by atoms with E-state index in [1.165, 1.54) is 202 Å². The van der Waals surface area contributed by atoms with Crippen LogP contribution in [0.15, 0.2) is 277 Å². The van der Waals surface area contributed by atoms with E-state index < -0.39 is 0 Å². The van der Waals surface area contributed by atoms with E-state index in [4.69, 9.17) is 22.1 Å². The average molecular weight is 1690 g/mol. The third kappa shape index (κ3) is 11.7. The van der Waals surface area contributed by atoms with Crippen LogP contribution < -0.4 is 29.4 Å². The second kappa shape index (κ2) is 29.1. The molecule has 8 aliphatic heterocycles. The molecule has 128 heavy (non-hydrogen) atoms. The molecule has 30 rings (SSSR count). The van der Waals surface area contributed by atoms with Crippen molar-refractivity contribution in [2.45, 2.75) is 232 Å². The van der Waals surface area contributed by atoms with Gasteiger partial charge in [0.2, 0.25) is 0 Å². The molecule has 13 heterocycles. The van der Waals surface area contributed by atoms with Crippen molar-refractivity contribution in [1.29, 1.82) is 0 Å². The van der Waals surface area contributed by atoms with Crippen LogP contribution in [0.2, 0.25) is 0 Å². The van der Waals surface area contributed by atoms with Gasteiger partial charge >= 0.3 is 0 Å². The minimum absolute atomic E-state index is 0.00597. The fraction of sp³-hybridized carbons (Fsp3) is 0.333. The highest BCUT2D eigenvalue weighted by Crippen LogP contribution is 2.64. The third-order valence-electron chi connectivity index (χ3n) is 33.9. The zero-order chi connectivity index (χ0) is 87.0. The zero-order valence-corrected chi connectivity index (χ0v) is 76.5. The molecule has 12 aliphatic rings. The summed E-state index contributed by atoms with van der Waals surface area (Å²) in [6.45, 7) is 33.8. The molecule has 2 saturated carbocycles. The predicted molar refractivity (Wildman–Crippen MR) is 532 cm³/mol. The van der Waals surface area contributed by atoms with Crippen LogP contribution in [0.1, 0.15) is 194 Å². The number of anilines is 6. The van der Waals surface area contributed by atoms with Gasteiger partial charge in [0.1, 0.15) is 55.8 Å². The molecule has 9 fully saturated rings. The van der Waals surface area contributed by atoms with Crippen LogP contribution in [0.25, 0.3) is 110 Å². The minimum atomic E-state index is -0.00597. The van der Waals surface area contributed by atoms with Gasteiger partial charge in [0.25, 0.3) is 0 Å². The maximum atomic E-state index is 6.12. The number of hydrogen-bond donors (Lipinski definition) is 0. The topological polar surface area (TPSA) is 85.1 Å². The Morgan fingerprint density at radius 1 is 0.305 bits per heavy atom. The number of nitrogens with zero attached hydrogens (tertiary/aromatic N) is 6. The van der Waals surface area contributed by atoms with Crippen LogP contribution in [0.5, 0.6) is 0 Å². The summed E-state index contributed by atoms with van der Waals surface area (Å²) in [6, 6.07) is 95.9. The molecular weight excluding hydrogens is 1570 g/mol. The molecule has 11 heteroatoms. The lowest BCUT2D eigenvalue weighted by Gasteiger charge is -2.57. The number of rotatable bonds is 5. The molecule has 7 saturated heterocycles. The van der Waals surface area contributed by atoms with Crippen LogP contribution in [-0.2, 0) is 16.5 Å². The lowest BCUT2D eigenvalue weighted by Crippen LogP contribution is -2.59. The van der Waals surface area contributed by atoms with Gasteiger partial charge < -0.3 is 51.5 Å². The van der Waals surface area contributed by atoms with E-state index in [0.29, 0.717) is 53.7 Å². The van der Waals surface area contributed by atoms with E-state index in [-0.39, 0.29) is 16.5 Å². The molecule has 644 valence electrons. The van der Waals surface area contributed by atoms with Gasteiger partial charge in [-0.25, -0.2) is 0 Å². The Kier molecular flexibility index (Phi) is 18.0. The summed E-state index contributed by atoms with van der Waals surface area (Å²) in [5, 5.41) is 12.2. The Labute approximate surface area is 750 Å². The van der Waals surface area contributed by atoms with Gasteiger partial charge in [-0.05, 0) is 306 Å². The number of furan rings is 5. The Bertz CT molecular complexity index is 7520. The first-order chi connectivity index (χ1) is 62.0. The monoisotopic (exact) mass is 1680 g/mol.